The van der Waals surface area contributed by atoms with Crippen LogP contribution in [-0.4, -0.2) is 11.1 Å². The summed E-state index contributed by atoms with van der Waals surface area (Å²) in [6.07, 6.45) is 0. The van der Waals surface area contributed by atoms with E-state index in [0.29, 0.717) is 5.56 Å². The fourth-order valence-electron chi connectivity index (χ4n) is 1.14. The quantitative estimate of drug-likeness (QED) is 0.290. The van der Waals surface area contributed by atoms with E-state index in [1.807, 2.05) is 12.1 Å². The van der Waals surface area contributed by atoms with Crippen LogP contribution >= 0.6 is 136 Å². The molecule has 0 aromatic heterocycles. The predicted octanol–water partition coefficient (Wildman–Crippen LogP) is 6.22. The maximum absolute atomic E-state index is 11.2. The van der Waals surface area contributed by atoms with Crippen molar-refractivity contribution in [2.45, 2.75) is -1.13 Å². The Morgan fingerprint density at radius 2 is 1.53 bits per heavy atom. The summed E-state index contributed by atoms with van der Waals surface area (Å²) in [7, 11) is 0. The van der Waals surface area contributed by atoms with Crippen molar-refractivity contribution in [3.63, 3.8) is 0 Å². The lowest BCUT2D eigenvalue weighted by molar-refractivity contribution is 0.0696. The van der Waals surface area contributed by atoms with Crippen LogP contribution in [0.4, 0.5) is 0 Å². The molecule has 0 aliphatic heterocycles. The Bertz CT molecular complexity index is 446. The summed E-state index contributed by atoms with van der Waals surface area (Å²) in [4.78, 5) is 11.2. The molecule has 0 bridgehead atoms. The summed E-state index contributed by atoms with van der Waals surface area (Å²) in [6, 6.07) is 5.57. The zero-order chi connectivity index (χ0) is 13.4. The lowest BCUT2D eigenvalue weighted by Gasteiger charge is -2.20. The van der Waals surface area contributed by atoms with Crippen molar-refractivity contribution in [1.82, 2.24) is 0 Å². The predicted molar refractivity (Wildman–Crippen MR) is 121 cm³/mol. The maximum Gasteiger partial charge on any atom is 0.336 e. The molecule has 8 heteroatoms. The van der Waals surface area contributed by atoms with Gasteiger partial charge in [0.25, 0.3) is 0 Å². The van der Waals surface area contributed by atoms with Crippen molar-refractivity contribution in [1.29, 1.82) is 0 Å². The number of benzene rings is 1. The Labute approximate surface area is 181 Å². The SMILES string of the molecule is O=C(O)c1ccc(C(I)(I)I)cc1C(I)(I)I. The van der Waals surface area contributed by atoms with Gasteiger partial charge in [-0.15, -0.1) is 0 Å². The third-order valence-corrected chi connectivity index (χ3v) is 5.49. The van der Waals surface area contributed by atoms with E-state index in [1.54, 1.807) is 6.07 Å². The van der Waals surface area contributed by atoms with Gasteiger partial charge in [-0.25, -0.2) is 4.79 Å². The molecule has 0 saturated heterocycles. The third-order valence-electron chi connectivity index (χ3n) is 1.88. The van der Waals surface area contributed by atoms with Gasteiger partial charge in [0.15, 0.2) is 0 Å². The first-order chi connectivity index (χ1) is 7.53. The Hall–Kier alpha value is 3.07. The summed E-state index contributed by atoms with van der Waals surface area (Å²) in [5.74, 6) is -0.873. The number of hydrogen-bond donors (Lipinski definition) is 1. The highest BCUT2D eigenvalue weighted by Crippen LogP contribution is 2.51. The molecule has 0 aliphatic rings. The van der Waals surface area contributed by atoms with Gasteiger partial charge >= 0.3 is 5.97 Å². The van der Waals surface area contributed by atoms with Crippen LogP contribution in [0.2, 0.25) is 0 Å². The zero-order valence-electron chi connectivity index (χ0n) is 7.86. The van der Waals surface area contributed by atoms with E-state index >= 15 is 0 Å². The van der Waals surface area contributed by atoms with E-state index in [-0.39, 0.29) is -1.13 Å². The molecule has 94 valence electrons. The van der Waals surface area contributed by atoms with E-state index in [0.717, 1.165) is 11.1 Å². The highest BCUT2D eigenvalue weighted by Gasteiger charge is 2.30. The second-order valence-electron chi connectivity index (χ2n) is 3.06. The number of alkyl halides is 6. The van der Waals surface area contributed by atoms with E-state index in [9.17, 15) is 9.90 Å². The van der Waals surface area contributed by atoms with Crippen LogP contribution in [0.25, 0.3) is 0 Å². The summed E-state index contributed by atoms with van der Waals surface area (Å²) in [6.45, 7) is 0. The van der Waals surface area contributed by atoms with Crippen LogP contribution in [-0.2, 0) is -1.13 Å². The highest BCUT2D eigenvalue weighted by atomic mass is 127. The Morgan fingerprint density at radius 3 is 1.88 bits per heavy atom. The minimum absolute atomic E-state index is 0.0613. The van der Waals surface area contributed by atoms with Gasteiger partial charge in [-0.1, -0.05) is 6.07 Å². The van der Waals surface area contributed by atoms with E-state index in [2.05, 4.69) is 136 Å². The highest BCUT2D eigenvalue weighted by molar-refractivity contribution is 14.3. The van der Waals surface area contributed by atoms with Gasteiger partial charge in [0.05, 0.1) is 5.56 Å². The lowest BCUT2D eigenvalue weighted by Crippen LogP contribution is -2.11. The van der Waals surface area contributed by atoms with Crippen molar-refractivity contribution in [2.75, 3.05) is 0 Å². The first kappa shape index (κ1) is 18.1. The molecule has 1 aromatic rings. The lowest BCUT2D eigenvalue weighted by atomic mass is 10.1. The van der Waals surface area contributed by atoms with E-state index in [4.69, 9.17) is 0 Å². The summed E-state index contributed by atoms with van der Waals surface area (Å²) in [5.41, 5.74) is 2.34. The molecule has 1 rings (SSSR count). The Kier molecular flexibility index (Phi) is 7.34. The van der Waals surface area contributed by atoms with E-state index in [1.165, 1.54) is 0 Å². The number of halogens is 6. The molecule has 0 saturated carbocycles. The van der Waals surface area contributed by atoms with Crippen LogP contribution in [0.15, 0.2) is 18.2 Å². The molecule has 2 nitrogen and oxygen atoms in total. The molecule has 0 spiro atoms. The average Bonchev–Trinajstić information content (AvgIpc) is 2.14. The molecule has 0 radical (unpaired) electrons. The molecule has 0 heterocycles. The molecular formula is C9H4I6O2. The van der Waals surface area contributed by atoms with Crippen LogP contribution in [0.3, 0.4) is 0 Å². The van der Waals surface area contributed by atoms with Gasteiger partial charge in [-0.2, -0.15) is 0 Å². The van der Waals surface area contributed by atoms with Crippen molar-refractivity contribution >= 4 is 142 Å². The summed E-state index contributed by atoms with van der Waals surface area (Å²) < 4.78 is -0.319. The minimum Gasteiger partial charge on any atom is -0.478 e. The first-order valence-corrected chi connectivity index (χ1v) is 10.5. The van der Waals surface area contributed by atoms with Crippen molar-refractivity contribution in [3.05, 3.63) is 34.9 Å². The maximum atomic E-state index is 11.2. The Morgan fingerprint density at radius 1 is 1.00 bits per heavy atom. The molecule has 0 unspecified atom stereocenters. The third kappa shape index (κ3) is 5.40. The summed E-state index contributed by atoms with van der Waals surface area (Å²) in [5, 5.41) is 9.21. The molecule has 0 fully saturated rings. The van der Waals surface area contributed by atoms with Gasteiger partial charge in [-0.05, 0) is 153 Å². The standard InChI is InChI=1S/C9H4I6O2/c10-8(11,12)4-1-2-5(7(16)17)6(3-4)9(13,14)15/h1-3H,(H,16,17). The summed E-state index contributed by atoms with van der Waals surface area (Å²) >= 11 is 13.8. The Balaban J connectivity index is 3.46. The second kappa shape index (κ2) is 6.89. The second-order valence-corrected chi connectivity index (χ2v) is 25.2. The molecule has 1 aromatic carbocycles. The van der Waals surface area contributed by atoms with Gasteiger partial charge < -0.3 is 5.11 Å². The van der Waals surface area contributed by atoms with Crippen molar-refractivity contribution in [2.24, 2.45) is 0 Å². The van der Waals surface area contributed by atoms with Crippen molar-refractivity contribution in [3.8, 4) is 0 Å². The number of aromatic carboxylic acids is 1. The minimum atomic E-state index is -0.873. The zero-order valence-corrected chi connectivity index (χ0v) is 20.8. The average molecular weight is 906 g/mol. The smallest absolute Gasteiger partial charge is 0.336 e. The van der Waals surface area contributed by atoms with Crippen LogP contribution < -0.4 is 0 Å². The number of carboxylic acids is 1. The van der Waals surface area contributed by atoms with Crippen LogP contribution in [0.5, 0.6) is 0 Å². The number of rotatable bonds is 3. The van der Waals surface area contributed by atoms with Crippen LogP contribution in [0.1, 0.15) is 21.5 Å². The number of hydrogen-bond acceptors (Lipinski definition) is 1. The van der Waals surface area contributed by atoms with Gasteiger partial charge in [0.2, 0.25) is 0 Å². The van der Waals surface area contributed by atoms with Crippen LogP contribution in [0, 0.1) is 0 Å². The number of carbonyl (C=O) groups is 1. The fraction of sp³-hybridized carbons (Fsp3) is 0.222. The molecule has 0 atom stereocenters. The molecule has 17 heavy (non-hydrogen) atoms. The van der Waals surface area contributed by atoms with Crippen molar-refractivity contribution < 1.29 is 9.90 Å². The largest absolute Gasteiger partial charge is 0.478 e. The molecule has 1 N–H and O–H groups in total. The van der Waals surface area contributed by atoms with Gasteiger partial charge in [-0.3, -0.25) is 0 Å². The molecular weight excluding hydrogens is 902 g/mol. The first-order valence-electron chi connectivity index (χ1n) is 4.05. The normalized spacial score (nSPS) is 12.6. The van der Waals surface area contributed by atoms with Gasteiger partial charge in [0, 0.05) is 5.56 Å². The number of carboxylic acid groups (broad SMARTS) is 1. The fourth-order valence-corrected chi connectivity index (χ4v) is 3.49. The molecule has 0 aliphatic carbocycles. The monoisotopic (exact) mass is 905 g/mol. The molecule has 0 amide bonds. The topological polar surface area (TPSA) is 37.3 Å². The van der Waals surface area contributed by atoms with Gasteiger partial charge in [0.1, 0.15) is -1.13 Å². The van der Waals surface area contributed by atoms with E-state index < -0.39 is 5.97 Å².